The van der Waals surface area contributed by atoms with E-state index in [2.05, 4.69) is 46.1 Å². The molecule has 5 rings (SSSR count). The minimum Gasteiger partial charge on any atom is -0.379 e. The van der Waals surface area contributed by atoms with Crippen LogP contribution in [-0.2, 0) is 17.6 Å². The quantitative estimate of drug-likeness (QED) is 0.594. The Morgan fingerprint density at radius 2 is 2.12 bits per heavy atom. The highest BCUT2D eigenvalue weighted by molar-refractivity contribution is 7.19. The number of hydrogen-bond acceptors (Lipinski definition) is 7. The summed E-state index contributed by atoms with van der Waals surface area (Å²) in [6.07, 6.45) is 5.89. The van der Waals surface area contributed by atoms with Gasteiger partial charge in [0.05, 0.1) is 18.6 Å². The zero-order chi connectivity index (χ0) is 22.3. The van der Waals surface area contributed by atoms with E-state index in [4.69, 9.17) is 4.74 Å². The van der Waals surface area contributed by atoms with Crippen LogP contribution < -0.4 is 5.32 Å². The van der Waals surface area contributed by atoms with Crippen molar-refractivity contribution >= 4 is 33.1 Å². The minimum absolute atomic E-state index is 0.217. The highest BCUT2D eigenvalue weighted by Crippen LogP contribution is 2.43. The van der Waals surface area contributed by atoms with Crippen LogP contribution in [0.1, 0.15) is 54.7 Å². The first-order valence-corrected chi connectivity index (χ1v) is 12.5. The number of carbonyl (C=O) groups excluding carboxylic acids is 1. The molecule has 2 aliphatic rings. The molecule has 8 nitrogen and oxygen atoms in total. The Kier molecular flexibility index (Phi) is 5.90. The normalized spacial score (nSPS) is 20.0. The molecule has 0 aromatic carbocycles. The second kappa shape index (κ2) is 8.68. The maximum Gasteiger partial charge on any atom is 0.290 e. The van der Waals surface area contributed by atoms with E-state index in [0.29, 0.717) is 17.9 Å². The Balaban J connectivity index is 1.31. The van der Waals surface area contributed by atoms with Crippen LogP contribution in [0.15, 0.2) is 6.33 Å². The summed E-state index contributed by atoms with van der Waals surface area (Å²) in [5.41, 5.74) is 2.41. The summed E-state index contributed by atoms with van der Waals surface area (Å²) in [4.78, 5) is 26.7. The number of morpholine rings is 1. The molecule has 3 aromatic heterocycles. The third-order valence-corrected chi connectivity index (χ3v) is 8.02. The zero-order valence-corrected chi connectivity index (χ0v) is 20.0. The second-order valence-corrected chi connectivity index (χ2v) is 11.1. The number of thiophene rings is 1. The number of nitrogens with one attached hydrogen (secondary N) is 1. The standard InChI is InChI=1S/C23H32N6O2S/c1-23(2,3)15-5-6-16-17(13-15)32-22-18(16)20-26-19(27-29(20)14-25-22)21(30)24-7-4-8-28-9-11-31-12-10-28/h14-15H,4-13H2,1-3H3,(H,24,30)/t15-/m1/s1. The Morgan fingerprint density at radius 1 is 1.31 bits per heavy atom. The van der Waals surface area contributed by atoms with Crippen molar-refractivity contribution in [1.29, 1.82) is 0 Å². The van der Waals surface area contributed by atoms with Gasteiger partial charge >= 0.3 is 0 Å². The van der Waals surface area contributed by atoms with Crippen molar-refractivity contribution in [3.8, 4) is 0 Å². The third kappa shape index (κ3) is 4.25. The van der Waals surface area contributed by atoms with Gasteiger partial charge in [-0.15, -0.1) is 16.4 Å². The van der Waals surface area contributed by atoms with Gasteiger partial charge in [0, 0.05) is 24.5 Å². The van der Waals surface area contributed by atoms with E-state index in [0.717, 1.165) is 68.0 Å². The Hall–Kier alpha value is -2.10. The molecular weight excluding hydrogens is 424 g/mol. The molecule has 4 heterocycles. The number of fused-ring (bicyclic) bond motifs is 5. The van der Waals surface area contributed by atoms with Crippen molar-refractivity contribution in [3.63, 3.8) is 0 Å². The van der Waals surface area contributed by atoms with E-state index in [1.54, 1.807) is 22.2 Å². The average Bonchev–Trinajstić information content (AvgIpc) is 3.37. The van der Waals surface area contributed by atoms with Crippen LogP contribution in [0.2, 0.25) is 0 Å². The molecule has 1 N–H and O–H groups in total. The molecule has 32 heavy (non-hydrogen) atoms. The molecule has 3 aromatic rings. The lowest BCUT2D eigenvalue weighted by Gasteiger charge is -2.33. The molecule has 0 radical (unpaired) electrons. The lowest BCUT2D eigenvalue weighted by atomic mass is 9.72. The summed E-state index contributed by atoms with van der Waals surface area (Å²) >= 11 is 1.78. The molecule has 0 bridgehead atoms. The molecule has 1 saturated heterocycles. The topological polar surface area (TPSA) is 84.7 Å². The van der Waals surface area contributed by atoms with Crippen molar-refractivity contribution in [1.82, 2.24) is 29.8 Å². The highest BCUT2D eigenvalue weighted by atomic mass is 32.1. The molecule has 0 saturated carbocycles. The monoisotopic (exact) mass is 456 g/mol. The second-order valence-electron chi connectivity index (χ2n) is 10.0. The summed E-state index contributed by atoms with van der Waals surface area (Å²) in [7, 11) is 0. The highest BCUT2D eigenvalue weighted by Gasteiger charge is 2.32. The summed E-state index contributed by atoms with van der Waals surface area (Å²) in [5, 5.41) is 8.48. The van der Waals surface area contributed by atoms with E-state index >= 15 is 0 Å². The lowest BCUT2D eigenvalue weighted by Crippen LogP contribution is -2.38. The third-order valence-electron chi connectivity index (χ3n) is 6.85. The SMILES string of the molecule is CC(C)(C)[C@@H]1CCc2c(sc3ncn4nc(C(=O)NCCCN5CCOCC5)nc4c23)C1. The van der Waals surface area contributed by atoms with Crippen LogP contribution in [0.4, 0.5) is 0 Å². The summed E-state index contributed by atoms with van der Waals surface area (Å²) in [5.74, 6) is 0.672. The molecule has 1 atom stereocenters. The molecule has 0 unspecified atom stereocenters. The first kappa shape index (κ1) is 21.7. The van der Waals surface area contributed by atoms with E-state index in [1.165, 1.54) is 16.9 Å². The molecule has 1 aliphatic heterocycles. The number of aryl methyl sites for hydroxylation is 1. The Bertz CT molecular complexity index is 1130. The predicted octanol–water partition coefficient (Wildman–Crippen LogP) is 2.94. The number of amides is 1. The lowest BCUT2D eigenvalue weighted by molar-refractivity contribution is 0.0374. The van der Waals surface area contributed by atoms with Gasteiger partial charge in [0.1, 0.15) is 11.2 Å². The van der Waals surface area contributed by atoms with Gasteiger partial charge in [-0.3, -0.25) is 9.69 Å². The smallest absolute Gasteiger partial charge is 0.290 e. The van der Waals surface area contributed by atoms with Crippen molar-refractivity contribution < 1.29 is 9.53 Å². The van der Waals surface area contributed by atoms with Crippen LogP contribution in [0, 0.1) is 11.3 Å². The summed E-state index contributed by atoms with van der Waals surface area (Å²) in [6, 6.07) is 0. The molecule has 0 spiro atoms. The number of hydrogen-bond donors (Lipinski definition) is 1. The van der Waals surface area contributed by atoms with Crippen LogP contribution >= 0.6 is 11.3 Å². The average molecular weight is 457 g/mol. The van der Waals surface area contributed by atoms with Gasteiger partial charge < -0.3 is 10.1 Å². The van der Waals surface area contributed by atoms with E-state index < -0.39 is 0 Å². The summed E-state index contributed by atoms with van der Waals surface area (Å²) < 4.78 is 7.04. The Labute approximate surface area is 192 Å². The van der Waals surface area contributed by atoms with E-state index in [1.807, 2.05) is 0 Å². The fourth-order valence-corrected chi connectivity index (χ4v) is 6.08. The van der Waals surface area contributed by atoms with Gasteiger partial charge in [-0.2, -0.15) is 0 Å². The molecule has 172 valence electrons. The van der Waals surface area contributed by atoms with E-state index in [9.17, 15) is 4.79 Å². The van der Waals surface area contributed by atoms with Gasteiger partial charge in [0.25, 0.3) is 5.91 Å². The predicted molar refractivity (Wildman–Crippen MR) is 125 cm³/mol. The fourth-order valence-electron chi connectivity index (χ4n) is 4.82. The van der Waals surface area contributed by atoms with E-state index in [-0.39, 0.29) is 11.7 Å². The molecule has 1 amide bonds. The number of ether oxygens (including phenoxy) is 1. The Morgan fingerprint density at radius 3 is 2.91 bits per heavy atom. The van der Waals surface area contributed by atoms with Crippen molar-refractivity contribution in [2.45, 2.75) is 46.5 Å². The maximum absolute atomic E-state index is 12.7. The molecule has 1 aliphatic carbocycles. The molecular formula is C23H32N6O2S. The maximum atomic E-state index is 12.7. The number of aromatic nitrogens is 4. The number of nitrogens with zero attached hydrogens (tertiary/aromatic N) is 5. The van der Waals surface area contributed by atoms with Crippen LogP contribution in [0.25, 0.3) is 15.9 Å². The number of carbonyl (C=O) groups is 1. The van der Waals surface area contributed by atoms with Gasteiger partial charge in [-0.25, -0.2) is 14.5 Å². The molecule has 1 fully saturated rings. The number of rotatable bonds is 5. The van der Waals surface area contributed by atoms with Gasteiger partial charge in [-0.05, 0) is 49.1 Å². The van der Waals surface area contributed by atoms with Crippen LogP contribution in [-0.4, -0.2) is 69.8 Å². The van der Waals surface area contributed by atoms with Crippen molar-refractivity contribution in [2.24, 2.45) is 11.3 Å². The fraction of sp³-hybridized carbons (Fsp3) is 0.652. The van der Waals surface area contributed by atoms with Gasteiger partial charge in [-0.1, -0.05) is 20.8 Å². The van der Waals surface area contributed by atoms with Crippen molar-refractivity contribution in [3.05, 3.63) is 22.6 Å². The van der Waals surface area contributed by atoms with Gasteiger partial charge in [0.15, 0.2) is 5.65 Å². The minimum atomic E-state index is -0.222. The van der Waals surface area contributed by atoms with Crippen molar-refractivity contribution in [2.75, 3.05) is 39.4 Å². The first-order valence-electron chi connectivity index (χ1n) is 11.6. The molecule has 9 heteroatoms. The van der Waals surface area contributed by atoms with Crippen LogP contribution in [0.3, 0.4) is 0 Å². The zero-order valence-electron chi connectivity index (χ0n) is 19.2. The van der Waals surface area contributed by atoms with Crippen LogP contribution in [0.5, 0.6) is 0 Å². The summed E-state index contributed by atoms with van der Waals surface area (Å²) in [6.45, 7) is 12.1. The van der Waals surface area contributed by atoms with Gasteiger partial charge in [0.2, 0.25) is 5.82 Å². The first-order chi connectivity index (χ1) is 15.4. The largest absolute Gasteiger partial charge is 0.379 e.